The number of anilines is 1. The number of rotatable bonds is 7. The van der Waals surface area contributed by atoms with Crippen LogP contribution in [0.2, 0.25) is 5.02 Å². The van der Waals surface area contributed by atoms with Crippen molar-refractivity contribution in [3.8, 4) is 11.5 Å². The zero-order valence-electron chi connectivity index (χ0n) is 15.4. The second-order valence-corrected chi connectivity index (χ2v) is 7.83. The number of ether oxygens (including phenoxy) is 3. The molecule has 0 atom stereocenters. The number of carbonyl (C=O) groups is 1. The molecule has 0 aliphatic rings. The molecule has 0 radical (unpaired) electrons. The average Bonchev–Trinajstić information content (AvgIpc) is 2.67. The monoisotopic (exact) mass is 413 g/mol. The summed E-state index contributed by atoms with van der Waals surface area (Å²) < 4.78 is 42.5. The third-order valence-electron chi connectivity index (χ3n) is 3.88. The van der Waals surface area contributed by atoms with Crippen molar-refractivity contribution in [3.63, 3.8) is 0 Å². The van der Waals surface area contributed by atoms with E-state index in [2.05, 4.69) is 4.74 Å². The van der Waals surface area contributed by atoms with E-state index < -0.39 is 22.5 Å². The van der Waals surface area contributed by atoms with Gasteiger partial charge in [0, 0.05) is 11.1 Å². The van der Waals surface area contributed by atoms with Crippen LogP contribution in [0.25, 0.3) is 0 Å². The first-order chi connectivity index (χ1) is 12.7. The van der Waals surface area contributed by atoms with E-state index in [1.54, 1.807) is 19.1 Å². The third kappa shape index (κ3) is 4.45. The van der Waals surface area contributed by atoms with Crippen molar-refractivity contribution >= 4 is 33.3 Å². The van der Waals surface area contributed by atoms with Crippen LogP contribution in [-0.2, 0) is 19.6 Å². The largest absolute Gasteiger partial charge is 0.493 e. The molecule has 0 saturated carbocycles. The first-order valence-corrected chi connectivity index (χ1v) is 9.64. The van der Waals surface area contributed by atoms with E-state index in [-0.39, 0.29) is 16.3 Å². The fraction of sp³-hybridized carbons (Fsp3) is 0.278. The van der Waals surface area contributed by atoms with Gasteiger partial charge in [0.05, 0.1) is 31.9 Å². The summed E-state index contributed by atoms with van der Waals surface area (Å²) >= 11 is 6.04. The number of carbonyl (C=O) groups excluding carboxylic acids is 1. The minimum absolute atomic E-state index is 0.0663. The number of halogens is 1. The molecule has 0 bridgehead atoms. The number of esters is 1. The van der Waals surface area contributed by atoms with E-state index in [0.29, 0.717) is 16.3 Å². The van der Waals surface area contributed by atoms with Crippen LogP contribution in [0.5, 0.6) is 11.5 Å². The minimum Gasteiger partial charge on any atom is -0.493 e. The summed E-state index contributed by atoms with van der Waals surface area (Å²) in [7, 11) is -0.0753. The van der Waals surface area contributed by atoms with Crippen LogP contribution in [-0.4, -0.2) is 42.3 Å². The second-order valence-electron chi connectivity index (χ2n) is 5.54. The Hall–Kier alpha value is -2.45. The Balaban J connectivity index is 2.63. The van der Waals surface area contributed by atoms with Gasteiger partial charge in [0.1, 0.15) is 6.54 Å². The van der Waals surface area contributed by atoms with Crippen molar-refractivity contribution < 1.29 is 27.4 Å². The molecular formula is C18H20ClNO6S. The first-order valence-electron chi connectivity index (χ1n) is 7.82. The van der Waals surface area contributed by atoms with E-state index in [9.17, 15) is 13.2 Å². The fourth-order valence-corrected chi connectivity index (χ4v) is 4.08. The number of aryl methyl sites for hydroxylation is 1. The Labute approximate surface area is 163 Å². The topological polar surface area (TPSA) is 82.1 Å². The standard InChI is InChI=1S/C18H20ClNO6S/c1-12-5-6-13(19)9-15(12)20(11-18(21)26-4)27(22,23)14-7-8-16(24-2)17(10-14)25-3/h5-10H,11H2,1-4H3. The zero-order chi connectivity index (χ0) is 20.2. The van der Waals surface area contributed by atoms with E-state index in [4.69, 9.17) is 21.1 Å². The summed E-state index contributed by atoms with van der Waals surface area (Å²) in [6, 6.07) is 8.98. The Kier molecular flexibility index (Phi) is 6.56. The van der Waals surface area contributed by atoms with Gasteiger partial charge in [0.2, 0.25) is 0 Å². The molecule has 27 heavy (non-hydrogen) atoms. The predicted molar refractivity (Wildman–Crippen MR) is 102 cm³/mol. The number of hydrogen-bond acceptors (Lipinski definition) is 6. The highest BCUT2D eigenvalue weighted by Crippen LogP contribution is 2.33. The van der Waals surface area contributed by atoms with Gasteiger partial charge >= 0.3 is 5.97 Å². The molecule has 2 aromatic rings. The normalized spacial score (nSPS) is 11.0. The van der Waals surface area contributed by atoms with Crippen molar-refractivity contribution in [1.29, 1.82) is 0 Å². The van der Waals surface area contributed by atoms with Crippen LogP contribution >= 0.6 is 11.6 Å². The van der Waals surface area contributed by atoms with E-state index in [0.717, 1.165) is 4.31 Å². The molecule has 2 rings (SSSR count). The van der Waals surface area contributed by atoms with E-state index in [1.807, 2.05) is 0 Å². The molecular weight excluding hydrogens is 394 g/mol. The summed E-state index contributed by atoms with van der Waals surface area (Å²) in [6.45, 7) is 1.22. The molecule has 0 fully saturated rings. The van der Waals surface area contributed by atoms with Crippen molar-refractivity contribution in [2.75, 3.05) is 32.2 Å². The number of methoxy groups -OCH3 is 3. The lowest BCUT2D eigenvalue weighted by Gasteiger charge is -2.25. The Morgan fingerprint density at radius 3 is 2.30 bits per heavy atom. The number of hydrogen-bond donors (Lipinski definition) is 0. The number of benzene rings is 2. The molecule has 0 amide bonds. The maximum Gasteiger partial charge on any atom is 0.326 e. The van der Waals surface area contributed by atoms with Gasteiger partial charge in [-0.3, -0.25) is 9.10 Å². The molecule has 0 N–H and O–H groups in total. The van der Waals surface area contributed by atoms with Crippen molar-refractivity contribution in [3.05, 3.63) is 47.0 Å². The van der Waals surface area contributed by atoms with Gasteiger partial charge in [0.15, 0.2) is 11.5 Å². The van der Waals surface area contributed by atoms with Gasteiger partial charge in [0.25, 0.3) is 10.0 Å². The number of nitrogens with zero attached hydrogens (tertiary/aromatic N) is 1. The molecule has 146 valence electrons. The minimum atomic E-state index is -4.12. The molecule has 0 saturated heterocycles. The molecule has 0 spiro atoms. The van der Waals surface area contributed by atoms with Crippen LogP contribution in [0.3, 0.4) is 0 Å². The van der Waals surface area contributed by atoms with Gasteiger partial charge in [-0.25, -0.2) is 8.42 Å². The molecule has 0 heterocycles. The van der Waals surface area contributed by atoms with Gasteiger partial charge in [-0.1, -0.05) is 17.7 Å². The van der Waals surface area contributed by atoms with Crippen LogP contribution in [0, 0.1) is 6.92 Å². The van der Waals surface area contributed by atoms with Crippen LogP contribution in [0.4, 0.5) is 5.69 Å². The smallest absolute Gasteiger partial charge is 0.326 e. The lowest BCUT2D eigenvalue weighted by molar-refractivity contribution is -0.138. The van der Waals surface area contributed by atoms with Gasteiger partial charge in [-0.2, -0.15) is 0 Å². The van der Waals surface area contributed by atoms with Crippen molar-refractivity contribution in [2.45, 2.75) is 11.8 Å². The highest BCUT2D eigenvalue weighted by molar-refractivity contribution is 7.92. The molecule has 0 aliphatic heterocycles. The maximum absolute atomic E-state index is 13.3. The van der Waals surface area contributed by atoms with Crippen molar-refractivity contribution in [1.82, 2.24) is 0 Å². The fourth-order valence-electron chi connectivity index (χ4n) is 2.44. The second kappa shape index (κ2) is 8.49. The van der Waals surface area contributed by atoms with Crippen LogP contribution in [0.1, 0.15) is 5.56 Å². The third-order valence-corrected chi connectivity index (χ3v) is 5.87. The molecule has 9 heteroatoms. The summed E-state index contributed by atoms with van der Waals surface area (Å²) in [5.41, 5.74) is 0.912. The summed E-state index contributed by atoms with van der Waals surface area (Å²) in [6.07, 6.45) is 0. The predicted octanol–water partition coefficient (Wildman–Crippen LogP) is 3.03. The quantitative estimate of drug-likeness (QED) is 0.649. The Bertz CT molecular complexity index is 945. The summed E-state index contributed by atoms with van der Waals surface area (Å²) in [5, 5.41) is 0.341. The molecule has 2 aromatic carbocycles. The molecule has 0 aromatic heterocycles. The van der Waals surface area contributed by atoms with Crippen molar-refractivity contribution in [2.24, 2.45) is 0 Å². The molecule has 0 unspecified atom stereocenters. The highest BCUT2D eigenvalue weighted by atomic mass is 35.5. The summed E-state index contributed by atoms with van der Waals surface area (Å²) in [4.78, 5) is 11.8. The van der Waals surface area contributed by atoms with Gasteiger partial charge in [-0.05, 0) is 36.8 Å². The lowest BCUT2D eigenvalue weighted by Crippen LogP contribution is -2.36. The molecule has 7 nitrogen and oxygen atoms in total. The summed E-state index contributed by atoms with van der Waals surface area (Å²) in [5.74, 6) is -0.0762. The molecule has 0 aliphatic carbocycles. The van der Waals surface area contributed by atoms with Crippen LogP contribution < -0.4 is 13.8 Å². The van der Waals surface area contributed by atoms with Gasteiger partial charge in [-0.15, -0.1) is 0 Å². The Morgan fingerprint density at radius 2 is 1.70 bits per heavy atom. The van der Waals surface area contributed by atoms with Gasteiger partial charge < -0.3 is 14.2 Å². The van der Waals surface area contributed by atoms with E-state index >= 15 is 0 Å². The highest BCUT2D eigenvalue weighted by Gasteiger charge is 2.29. The average molecular weight is 414 g/mol. The lowest BCUT2D eigenvalue weighted by atomic mass is 10.2. The Morgan fingerprint density at radius 1 is 1.04 bits per heavy atom. The zero-order valence-corrected chi connectivity index (χ0v) is 16.9. The number of sulfonamides is 1. The SMILES string of the molecule is COC(=O)CN(c1cc(Cl)ccc1C)S(=O)(=O)c1ccc(OC)c(OC)c1. The first kappa shape index (κ1) is 20.9. The van der Waals surface area contributed by atoms with E-state index in [1.165, 1.54) is 45.6 Å². The maximum atomic E-state index is 13.3. The van der Waals surface area contributed by atoms with Crippen LogP contribution in [0.15, 0.2) is 41.3 Å².